The van der Waals surface area contributed by atoms with Gasteiger partial charge >= 0.3 is 0 Å². The molecule has 1 atom stereocenters. The van der Waals surface area contributed by atoms with Crippen molar-refractivity contribution in [2.45, 2.75) is 12.5 Å². The van der Waals surface area contributed by atoms with Gasteiger partial charge in [0.1, 0.15) is 6.10 Å². The summed E-state index contributed by atoms with van der Waals surface area (Å²) in [6, 6.07) is 0. The second-order valence-corrected chi connectivity index (χ2v) is 2.48. The third-order valence-corrected chi connectivity index (χ3v) is 1.62. The first-order chi connectivity index (χ1) is 4.86. The van der Waals surface area contributed by atoms with Crippen LogP contribution in [0.25, 0.3) is 0 Å². The van der Waals surface area contributed by atoms with Gasteiger partial charge in [0.2, 0.25) is 0 Å². The Hall–Kier alpha value is -0.280. The van der Waals surface area contributed by atoms with Gasteiger partial charge < -0.3 is 9.57 Å². The van der Waals surface area contributed by atoms with Gasteiger partial charge in [-0.05, 0) is 0 Å². The van der Waals surface area contributed by atoms with E-state index in [0.717, 1.165) is 12.1 Å². The number of hydrogen-bond donors (Lipinski definition) is 0. The highest BCUT2D eigenvalue weighted by Gasteiger charge is 2.18. The lowest BCUT2D eigenvalue weighted by molar-refractivity contribution is 0.102. The molecule has 0 bridgehead atoms. The molecule has 0 aliphatic carbocycles. The van der Waals surface area contributed by atoms with Crippen molar-refractivity contribution in [1.82, 2.24) is 0 Å². The topological polar surface area (TPSA) is 30.8 Å². The van der Waals surface area contributed by atoms with E-state index in [2.05, 4.69) is 5.16 Å². The lowest BCUT2D eigenvalue weighted by Crippen LogP contribution is -2.11. The van der Waals surface area contributed by atoms with Gasteiger partial charge in [-0.3, -0.25) is 0 Å². The van der Waals surface area contributed by atoms with E-state index in [1.807, 2.05) is 0 Å². The van der Waals surface area contributed by atoms with Crippen molar-refractivity contribution in [2.75, 3.05) is 19.6 Å². The fourth-order valence-corrected chi connectivity index (χ4v) is 0.986. The summed E-state index contributed by atoms with van der Waals surface area (Å²) in [6.45, 7) is 0.549. The van der Waals surface area contributed by atoms with Gasteiger partial charge in [-0.2, -0.15) is 0 Å². The Labute approximate surface area is 64.9 Å². The fraction of sp³-hybridized carbons (Fsp3) is 0.833. The number of oxime groups is 1. The Bertz CT molecular complexity index is 138. The first-order valence-corrected chi connectivity index (χ1v) is 3.66. The van der Waals surface area contributed by atoms with Gasteiger partial charge in [-0.1, -0.05) is 5.16 Å². The smallest absolute Gasteiger partial charge is 0.146 e. The number of rotatable bonds is 3. The maximum absolute atomic E-state index is 5.53. The summed E-state index contributed by atoms with van der Waals surface area (Å²) >= 11 is 5.53. The average molecular weight is 164 g/mol. The van der Waals surface area contributed by atoms with Crippen LogP contribution in [0.4, 0.5) is 0 Å². The minimum Gasteiger partial charge on any atom is -0.391 e. The van der Waals surface area contributed by atoms with Crippen molar-refractivity contribution in [3.8, 4) is 0 Å². The predicted molar refractivity (Wildman–Crippen MR) is 39.5 cm³/mol. The Morgan fingerprint density at radius 1 is 1.90 bits per heavy atom. The Balaban J connectivity index is 2.25. The number of halogens is 1. The molecule has 0 aromatic rings. The summed E-state index contributed by atoms with van der Waals surface area (Å²) < 4.78 is 4.86. The molecule has 10 heavy (non-hydrogen) atoms. The standard InChI is InChI=1S/C6H10ClNO2/c1-9-4-5-2-6(3-7)10-8-5/h6H,2-4H2,1H3. The molecule has 0 spiro atoms. The molecule has 0 fully saturated rings. The van der Waals surface area contributed by atoms with Crippen LogP contribution in [0.2, 0.25) is 0 Å². The Kier molecular flexibility index (Phi) is 2.96. The van der Waals surface area contributed by atoms with Crippen LogP contribution in [-0.4, -0.2) is 31.4 Å². The quantitative estimate of drug-likeness (QED) is 0.582. The third-order valence-electron chi connectivity index (χ3n) is 1.28. The van der Waals surface area contributed by atoms with Crippen molar-refractivity contribution in [3.05, 3.63) is 0 Å². The summed E-state index contributed by atoms with van der Waals surface area (Å²) in [5.41, 5.74) is 0.938. The molecule has 0 N–H and O–H groups in total. The molecule has 58 valence electrons. The van der Waals surface area contributed by atoms with E-state index < -0.39 is 0 Å². The Morgan fingerprint density at radius 2 is 2.70 bits per heavy atom. The molecular formula is C6H10ClNO2. The number of hydrogen-bond acceptors (Lipinski definition) is 3. The minimum absolute atomic E-state index is 0.0619. The zero-order valence-electron chi connectivity index (χ0n) is 5.84. The normalized spacial score (nSPS) is 24.2. The molecule has 0 saturated carbocycles. The van der Waals surface area contributed by atoms with Crippen LogP contribution in [0.1, 0.15) is 6.42 Å². The van der Waals surface area contributed by atoms with Crippen molar-refractivity contribution in [2.24, 2.45) is 5.16 Å². The van der Waals surface area contributed by atoms with Gasteiger partial charge in [-0.15, -0.1) is 11.6 Å². The highest BCUT2D eigenvalue weighted by Crippen LogP contribution is 2.11. The van der Waals surface area contributed by atoms with Crippen molar-refractivity contribution >= 4 is 17.3 Å². The fourth-order valence-electron chi connectivity index (χ4n) is 0.821. The average Bonchev–Trinajstić information content (AvgIpc) is 2.37. The van der Waals surface area contributed by atoms with Crippen LogP contribution in [0.3, 0.4) is 0 Å². The van der Waals surface area contributed by atoms with E-state index in [4.69, 9.17) is 21.2 Å². The number of methoxy groups -OCH3 is 1. The van der Waals surface area contributed by atoms with Crippen LogP contribution < -0.4 is 0 Å². The lowest BCUT2D eigenvalue weighted by Gasteiger charge is -1.99. The molecule has 1 unspecified atom stereocenters. The molecular weight excluding hydrogens is 154 g/mol. The molecule has 1 rings (SSSR count). The number of alkyl halides is 1. The van der Waals surface area contributed by atoms with Crippen LogP contribution in [0, 0.1) is 0 Å². The molecule has 0 aromatic heterocycles. The first kappa shape index (κ1) is 7.82. The maximum Gasteiger partial charge on any atom is 0.146 e. The molecule has 0 saturated heterocycles. The van der Waals surface area contributed by atoms with Gasteiger partial charge in [0, 0.05) is 13.5 Å². The van der Waals surface area contributed by atoms with Gasteiger partial charge in [0.15, 0.2) is 0 Å². The van der Waals surface area contributed by atoms with Crippen LogP contribution in [-0.2, 0) is 9.57 Å². The van der Waals surface area contributed by atoms with E-state index >= 15 is 0 Å². The van der Waals surface area contributed by atoms with E-state index in [-0.39, 0.29) is 6.10 Å². The zero-order valence-corrected chi connectivity index (χ0v) is 6.60. The van der Waals surface area contributed by atoms with Crippen LogP contribution in [0.15, 0.2) is 5.16 Å². The molecule has 1 aliphatic heterocycles. The monoisotopic (exact) mass is 163 g/mol. The minimum atomic E-state index is 0.0619. The van der Waals surface area contributed by atoms with Crippen molar-refractivity contribution in [1.29, 1.82) is 0 Å². The first-order valence-electron chi connectivity index (χ1n) is 3.13. The number of nitrogens with zero attached hydrogens (tertiary/aromatic N) is 1. The summed E-state index contributed by atoms with van der Waals surface area (Å²) in [4.78, 5) is 4.94. The molecule has 1 aliphatic rings. The van der Waals surface area contributed by atoms with E-state index in [0.29, 0.717) is 12.5 Å². The predicted octanol–water partition coefficient (Wildman–Crippen LogP) is 1.02. The van der Waals surface area contributed by atoms with E-state index in [1.54, 1.807) is 7.11 Å². The van der Waals surface area contributed by atoms with Gasteiger partial charge in [-0.25, -0.2) is 0 Å². The second-order valence-electron chi connectivity index (χ2n) is 2.18. The van der Waals surface area contributed by atoms with Gasteiger partial charge in [0.25, 0.3) is 0 Å². The highest BCUT2D eigenvalue weighted by atomic mass is 35.5. The van der Waals surface area contributed by atoms with Crippen molar-refractivity contribution < 1.29 is 9.57 Å². The van der Waals surface area contributed by atoms with E-state index in [9.17, 15) is 0 Å². The summed E-state index contributed by atoms with van der Waals surface area (Å²) in [6.07, 6.45) is 0.865. The summed E-state index contributed by atoms with van der Waals surface area (Å²) in [5.74, 6) is 0.497. The van der Waals surface area contributed by atoms with Crippen molar-refractivity contribution in [3.63, 3.8) is 0 Å². The molecule has 3 nitrogen and oxygen atoms in total. The number of ether oxygens (including phenoxy) is 1. The Morgan fingerprint density at radius 3 is 3.20 bits per heavy atom. The summed E-state index contributed by atoms with van der Waals surface area (Å²) in [5, 5.41) is 3.78. The van der Waals surface area contributed by atoms with Crippen LogP contribution in [0.5, 0.6) is 0 Å². The van der Waals surface area contributed by atoms with Crippen LogP contribution >= 0.6 is 11.6 Å². The SMILES string of the molecule is COCC1=NOC(CCl)C1. The molecule has 1 heterocycles. The molecule has 0 radical (unpaired) electrons. The highest BCUT2D eigenvalue weighted by molar-refractivity contribution is 6.18. The molecule has 0 aromatic carbocycles. The third kappa shape index (κ3) is 1.85. The van der Waals surface area contributed by atoms with E-state index in [1.165, 1.54) is 0 Å². The molecule has 4 heteroatoms. The largest absolute Gasteiger partial charge is 0.391 e. The second kappa shape index (κ2) is 3.78. The summed E-state index contributed by atoms with van der Waals surface area (Å²) in [7, 11) is 1.64. The van der Waals surface area contributed by atoms with Gasteiger partial charge in [0.05, 0.1) is 18.2 Å². The zero-order chi connectivity index (χ0) is 7.40. The maximum atomic E-state index is 5.53. The lowest BCUT2D eigenvalue weighted by atomic mass is 10.2. The molecule has 0 amide bonds.